The van der Waals surface area contributed by atoms with Gasteiger partial charge in [-0.1, -0.05) is 0 Å². The topological polar surface area (TPSA) is 40.5 Å². The van der Waals surface area contributed by atoms with Crippen molar-refractivity contribution in [3.63, 3.8) is 0 Å². The van der Waals surface area contributed by atoms with Crippen molar-refractivity contribution in [2.75, 3.05) is 13.2 Å². The number of hydrogen-bond acceptors (Lipinski definition) is 3. The summed E-state index contributed by atoms with van der Waals surface area (Å²) in [6, 6.07) is 4.58. The smallest absolute Gasteiger partial charge is 0.295 e. The zero-order valence-corrected chi connectivity index (χ0v) is 13.8. The van der Waals surface area contributed by atoms with Crippen molar-refractivity contribution in [2.24, 2.45) is 0 Å². The van der Waals surface area contributed by atoms with Gasteiger partial charge in [0.25, 0.3) is 5.56 Å². The molecule has 1 aliphatic rings. The minimum absolute atomic E-state index is 0.0401. The molecule has 1 aromatic carbocycles. The molecular weight excluding hydrogens is 353 g/mol. The molecule has 1 aliphatic heterocycles. The lowest BCUT2D eigenvalue weighted by Gasteiger charge is -2.28. The second-order valence-corrected chi connectivity index (χ2v) is 6.22. The van der Waals surface area contributed by atoms with Crippen molar-refractivity contribution in [1.29, 1.82) is 0 Å². The summed E-state index contributed by atoms with van der Waals surface area (Å²) in [5.74, 6) is 0.382. The molecule has 1 aromatic heterocycles. The van der Waals surface area contributed by atoms with Crippen LogP contribution in [0.1, 0.15) is 17.2 Å². The van der Waals surface area contributed by atoms with Crippen LogP contribution in [0.3, 0.4) is 0 Å². The second kappa shape index (κ2) is 5.85. The van der Waals surface area contributed by atoms with Crippen LogP contribution in [0.25, 0.3) is 0 Å². The van der Waals surface area contributed by atoms with Crippen LogP contribution in [0.2, 0.25) is 0 Å². The summed E-state index contributed by atoms with van der Waals surface area (Å²) >= 11 is 3.35. The Kier molecular flexibility index (Phi) is 4.06. The lowest BCUT2D eigenvalue weighted by Crippen LogP contribution is -2.37. The summed E-state index contributed by atoms with van der Waals surface area (Å²) in [6.07, 6.45) is 1.72. The van der Waals surface area contributed by atoms with E-state index in [2.05, 4.69) is 15.9 Å². The zero-order chi connectivity index (χ0) is 15.9. The van der Waals surface area contributed by atoms with Crippen molar-refractivity contribution in [2.45, 2.75) is 19.9 Å². The van der Waals surface area contributed by atoms with Crippen molar-refractivity contribution in [3.05, 3.63) is 56.2 Å². The predicted octanol–water partition coefficient (Wildman–Crippen LogP) is 3.73. The van der Waals surface area contributed by atoms with Crippen LogP contribution >= 0.6 is 15.9 Å². The van der Waals surface area contributed by atoms with Crippen molar-refractivity contribution in [1.82, 2.24) is 4.57 Å². The Balaban J connectivity index is 2.04. The highest BCUT2D eigenvalue weighted by molar-refractivity contribution is 9.10. The van der Waals surface area contributed by atoms with E-state index in [0.717, 1.165) is 0 Å². The molecular formula is C16H15BrFNO3. The molecule has 0 N–H and O–H groups in total. The summed E-state index contributed by atoms with van der Waals surface area (Å²) < 4.78 is 26.5. The summed E-state index contributed by atoms with van der Waals surface area (Å²) in [5, 5.41) is 0. The molecule has 0 saturated carbocycles. The molecule has 1 saturated heterocycles. The van der Waals surface area contributed by atoms with Gasteiger partial charge in [-0.25, -0.2) is 4.39 Å². The molecule has 6 heteroatoms. The van der Waals surface area contributed by atoms with E-state index in [1.54, 1.807) is 30.7 Å². The molecule has 2 aromatic rings. The number of pyridine rings is 1. The largest absolute Gasteiger partial charge is 0.450 e. The fourth-order valence-electron chi connectivity index (χ4n) is 2.43. The van der Waals surface area contributed by atoms with Crippen LogP contribution in [0, 0.1) is 19.7 Å². The van der Waals surface area contributed by atoms with Crippen molar-refractivity contribution in [3.8, 4) is 11.5 Å². The van der Waals surface area contributed by atoms with Crippen LogP contribution in [0.5, 0.6) is 11.5 Å². The minimum atomic E-state index is -0.321. The van der Waals surface area contributed by atoms with Crippen LogP contribution in [0.4, 0.5) is 4.39 Å². The van der Waals surface area contributed by atoms with Gasteiger partial charge >= 0.3 is 0 Å². The number of rotatable bonds is 3. The predicted molar refractivity (Wildman–Crippen MR) is 84.2 cm³/mol. The number of aromatic nitrogens is 1. The Morgan fingerprint density at radius 3 is 2.45 bits per heavy atom. The molecule has 4 nitrogen and oxygen atoms in total. The molecule has 0 unspecified atom stereocenters. The average Bonchev–Trinajstić information content (AvgIpc) is 2.38. The van der Waals surface area contributed by atoms with Gasteiger partial charge < -0.3 is 14.0 Å². The van der Waals surface area contributed by atoms with E-state index in [9.17, 15) is 9.18 Å². The number of aryl methyl sites for hydroxylation is 2. The van der Waals surface area contributed by atoms with Crippen LogP contribution in [-0.4, -0.2) is 17.8 Å². The van der Waals surface area contributed by atoms with E-state index >= 15 is 0 Å². The van der Waals surface area contributed by atoms with Gasteiger partial charge in [0, 0.05) is 6.20 Å². The van der Waals surface area contributed by atoms with Crippen molar-refractivity contribution < 1.29 is 13.9 Å². The minimum Gasteiger partial charge on any atom is -0.450 e. The van der Waals surface area contributed by atoms with Gasteiger partial charge in [-0.3, -0.25) is 4.79 Å². The Hall–Kier alpha value is -1.66. The Labute approximate surface area is 135 Å². The molecule has 0 bridgehead atoms. The average molecular weight is 368 g/mol. The summed E-state index contributed by atoms with van der Waals surface area (Å²) in [5.41, 5.74) is 1.06. The lowest BCUT2D eigenvalue weighted by atomic mass is 10.1. The van der Waals surface area contributed by atoms with E-state index in [1.165, 1.54) is 12.1 Å². The monoisotopic (exact) mass is 367 g/mol. The number of benzene rings is 1. The van der Waals surface area contributed by atoms with E-state index < -0.39 is 0 Å². The van der Waals surface area contributed by atoms with Crippen LogP contribution in [0.15, 0.2) is 33.7 Å². The quantitative estimate of drug-likeness (QED) is 0.829. The maximum Gasteiger partial charge on any atom is 0.295 e. The molecule has 3 rings (SSSR count). The maximum atomic E-state index is 13.4. The molecule has 0 amide bonds. The molecule has 0 aliphatic carbocycles. The number of ether oxygens (including phenoxy) is 2. The normalized spacial score (nSPS) is 14.7. The third kappa shape index (κ3) is 2.68. The van der Waals surface area contributed by atoms with Gasteiger partial charge in [-0.2, -0.15) is 0 Å². The zero-order valence-electron chi connectivity index (χ0n) is 12.2. The molecule has 22 heavy (non-hydrogen) atoms. The van der Waals surface area contributed by atoms with E-state index in [4.69, 9.17) is 9.47 Å². The van der Waals surface area contributed by atoms with Gasteiger partial charge in [-0.15, -0.1) is 0 Å². The Morgan fingerprint density at radius 2 is 1.91 bits per heavy atom. The van der Waals surface area contributed by atoms with Gasteiger partial charge in [0.2, 0.25) is 5.75 Å². The molecule has 2 heterocycles. The maximum absolute atomic E-state index is 13.4. The van der Waals surface area contributed by atoms with Gasteiger partial charge in [0.05, 0.1) is 23.7 Å². The first-order chi connectivity index (χ1) is 10.5. The van der Waals surface area contributed by atoms with E-state index in [1.807, 2.05) is 0 Å². The van der Waals surface area contributed by atoms with Gasteiger partial charge in [-0.05, 0) is 59.1 Å². The fourth-order valence-corrected chi connectivity index (χ4v) is 2.80. The first-order valence-electron chi connectivity index (χ1n) is 6.90. The second-order valence-electron chi connectivity index (χ2n) is 5.37. The third-order valence-electron chi connectivity index (χ3n) is 3.67. The fraction of sp³-hybridized carbons (Fsp3) is 0.312. The van der Waals surface area contributed by atoms with E-state index in [0.29, 0.717) is 34.6 Å². The molecule has 0 atom stereocenters. The molecule has 0 spiro atoms. The summed E-state index contributed by atoms with van der Waals surface area (Å²) in [7, 11) is 0. The summed E-state index contributed by atoms with van der Waals surface area (Å²) in [4.78, 5) is 12.6. The standard InChI is InChI=1S/C16H15BrFNO3/c1-9-5-11(18)6-10(2)14(9)22-15-13(17)3-4-19(16(15)20)12-7-21-8-12/h3-6,12H,7-8H2,1-2H3. The molecule has 1 fully saturated rings. The van der Waals surface area contributed by atoms with Crippen LogP contribution < -0.4 is 10.3 Å². The highest BCUT2D eigenvalue weighted by Crippen LogP contribution is 2.32. The number of nitrogens with zero attached hydrogens (tertiary/aromatic N) is 1. The summed E-state index contributed by atoms with van der Waals surface area (Å²) in [6.45, 7) is 4.55. The number of hydrogen-bond donors (Lipinski definition) is 0. The highest BCUT2D eigenvalue weighted by Gasteiger charge is 2.24. The van der Waals surface area contributed by atoms with Gasteiger partial charge in [0.1, 0.15) is 11.6 Å². The van der Waals surface area contributed by atoms with Crippen LogP contribution in [-0.2, 0) is 4.74 Å². The SMILES string of the molecule is Cc1cc(F)cc(C)c1Oc1c(Br)ccn(C2COC2)c1=O. The van der Waals surface area contributed by atoms with Gasteiger partial charge in [0.15, 0.2) is 0 Å². The third-order valence-corrected chi connectivity index (χ3v) is 4.29. The Morgan fingerprint density at radius 1 is 1.27 bits per heavy atom. The number of halogens is 2. The van der Waals surface area contributed by atoms with Crippen molar-refractivity contribution >= 4 is 15.9 Å². The first kappa shape index (κ1) is 15.2. The molecule has 0 radical (unpaired) electrons. The Bertz CT molecular complexity index is 760. The lowest BCUT2D eigenvalue weighted by molar-refractivity contribution is -0.0250. The first-order valence-corrected chi connectivity index (χ1v) is 7.69. The highest BCUT2D eigenvalue weighted by atomic mass is 79.9. The molecule has 116 valence electrons. The van der Waals surface area contributed by atoms with E-state index in [-0.39, 0.29) is 23.2 Å².